The van der Waals surface area contributed by atoms with Crippen LogP contribution in [0.4, 0.5) is 0 Å². The van der Waals surface area contributed by atoms with Gasteiger partial charge >= 0.3 is 11.9 Å². The Morgan fingerprint density at radius 1 is 0.750 bits per heavy atom. The van der Waals surface area contributed by atoms with Crippen molar-refractivity contribution in [3.8, 4) is 0 Å². The highest BCUT2D eigenvalue weighted by molar-refractivity contribution is 5.92. The van der Waals surface area contributed by atoms with Crippen molar-refractivity contribution in [3.05, 3.63) is 45.0 Å². The second-order valence-corrected chi connectivity index (χ2v) is 6.52. The molecule has 0 fully saturated rings. The highest BCUT2D eigenvalue weighted by atomic mass is 16.5. The molecule has 0 aliphatic carbocycles. The number of nitrogens with one attached hydrogen (secondary N) is 2. The molecule has 28 heavy (non-hydrogen) atoms. The molecule has 0 aliphatic heterocycles. The maximum absolute atomic E-state index is 12.2. The predicted molar refractivity (Wildman–Crippen MR) is 111 cm³/mol. The quantitative estimate of drug-likeness (QED) is 0.649. The van der Waals surface area contributed by atoms with Gasteiger partial charge in [0.2, 0.25) is 0 Å². The van der Waals surface area contributed by atoms with Gasteiger partial charge < -0.3 is 19.4 Å². The Bertz CT molecular complexity index is 815. The number of carbonyl (C=O) groups is 2. The third-order valence-corrected chi connectivity index (χ3v) is 4.91. The molecule has 0 radical (unpaired) electrons. The molecule has 6 nitrogen and oxygen atoms in total. The van der Waals surface area contributed by atoms with Gasteiger partial charge in [0.05, 0.1) is 13.2 Å². The number of aromatic amines is 2. The summed E-state index contributed by atoms with van der Waals surface area (Å²) >= 11 is 0. The largest absolute Gasteiger partial charge is 0.461 e. The molecular formula is C22H30N2O4. The highest BCUT2D eigenvalue weighted by Gasteiger charge is 2.20. The lowest BCUT2D eigenvalue weighted by Gasteiger charge is -2.00. The van der Waals surface area contributed by atoms with E-state index in [0.29, 0.717) is 24.6 Å². The third-order valence-electron chi connectivity index (χ3n) is 4.91. The van der Waals surface area contributed by atoms with Crippen LogP contribution in [0.2, 0.25) is 0 Å². The number of ether oxygens (including phenoxy) is 2. The van der Waals surface area contributed by atoms with Crippen LogP contribution in [0.25, 0.3) is 12.2 Å². The minimum Gasteiger partial charge on any atom is -0.461 e. The van der Waals surface area contributed by atoms with Crippen LogP contribution in [-0.2, 0) is 22.3 Å². The average Bonchev–Trinajstić information content (AvgIpc) is 3.16. The van der Waals surface area contributed by atoms with E-state index in [4.69, 9.17) is 9.47 Å². The van der Waals surface area contributed by atoms with Crippen molar-refractivity contribution in [1.29, 1.82) is 0 Å². The molecule has 152 valence electrons. The minimum absolute atomic E-state index is 0.335. The SMILES string of the molecule is CCOC(=O)c1[nH]c(/C=C/c2[nH]c(C(=O)OCC)c(C)c2CC)c(CC)c1C. The summed E-state index contributed by atoms with van der Waals surface area (Å²) in [4.78, 5) is 30.7. The Kier molecular flexibility index (Phi) is 7.26. The Hall–Kier alpha value is -2.76. The molecule has 0 spiro atoms. The molecule has 0 unspecified atom stereocenters. The van der Waals surface area contributed by atoms with Crippen LogP contribution in [0.15, 0.2) is 0 Å². The Balaban J connectivity index is 2.43. The fourth-order valence-electron chi connectivity index (χ4n) is 3.49. The first-order chi connectivity index (χ1) is 13.4. The summed E-state index contributed by atoms with van der Waals surface area (Å²) in [5.74, 6) is -0.687. The lowest BCUT2D eigenvalue weighted by atomic mass is 10.1. The molecule has 2 aromatic heterocycles. The molecule has 0 atom stereocenters. The zero-order chi connectivity index (χ0) is 20.8. The molecule has 0 aromatic carbocycles. The Morgan fingerprint density at radius 3 is 1.39 bits per heavy atom. The zero-order valence-corrected chi connectivity index (χ0v) is 17.6. The van der Waals surface area contributed by atoms with E-state index in [1.807, 2.05) is 26.0 Å². The smallest absolute Gasteiger partial charge is 0.355 e. The number of hydrogen-bond donors (Lipinski definition) is 2. The third kappa shape index (κ3) is 4.21. The number of rotatable bonds is 8. The van der Waals surface area contributed by atoms with Crippen LogP contribution >= 0.6 is 0 Å². The fraction of sp³-hybridized carbons (Fsp3) is 0.455. The molecule has 2 aromatic rings. The van der Waals surface area contributed by atoms with Crippen LogP contribution in [0, 0.1) is 13.8 Å². The van der Waals surface area contributed by atoms with Crippen molar-refractivity contribution in [2.45, 2.75) is 54.4 Å². The van der Waals surface area contributed by atoms with Gasteiger partial charge in [-0.05, 0) is 74.9 Å². The standard InChI is InChI=1S/C22H30N2O4/c1-7-15-13(5)19(21(25)27-9-3)23-17(15)11-12-18-16(8-2)14(6)20(24-18)22(26)28-10-4/h11-12,23-24H,7-10H2,1-6H3/b12-11+. The predicted octanol–water partition coefficient (Wildman–Crippen LogP) is 4.61. The Labute approximate surface area is 166 Å². The maximum Gasteiger partial charge on any atom is 0.355 e. The Morgan fingerprint density at radius 2 is 1.11 bits per heavy atom. The summed E-state index contributed by atoms with van der Waals surface area (Å²) in [7, 11) is 0. The van der Waals surface area contributed by atoms with Crippen molar-refractivity contribution in [1.82, 2.24) is 9.97 Å². The van der Waals surface area contributed by atoms with E-state index in [0.717, 1.165) is 46.5 Å². The van der Waals surface area contributed by atoms with Crippen LogP contribution in [0.3, 0.4) is 0 Å². The first kappa shape index (κ1) is 21.5. The molecule has 2 heterocycles. The average molecular weight is 386 g/mol. The van der Waals surface area contributed by atoms with Crippen molar-refractivity contribution < 1.29 is 19.1 Å². The molecule has 2 N–H and O–H groups in total. The first-order valence-corrected chi connectivity index (χ1v) is 9.84. The summed E-state index contributed by atoms with van der Waals surface area (Å²) < 4.78 is 10.3. The van der Waals surface area contributed by atoms with E-state index in [1.165, 1.54) is 0 Å². The normalized spacial score (nSPS) is 11.2. The molecule has 0 amide bonds. The molecule has 0 saturated heterocycles. The van der Waals surface area contributed by atoms with Gasteiger partial charge in [-0.1, -0.05) is 13.8 Å². The molecule has 6 heteroatoms. The topological polar surface area (TPSA) is 84.2 Å². The van der Waals surface area contributed by atoms with E-state index < -0.39 is 0 Å². The van der Waals surface area contributed by atoms with Crippen molar-refractivity contribution in [3.63, 3.8) is 0 Å². The van der Waals surface area contributed by atoms with Gasteiger partial charge in [0, 0.05) is 11.4 Å². The summed E-state index contributed by atoms with van der Waals surface area (Å²) in [6.45, 7) is 12.2. The van der Waals surface area contributed by atoms with Crippen LogP contribution in [0.5, 0.6) is 0 Å². The van der Waals surface area contributed by atoms with Gasteiger partial charge in [-0.3, -0.25) is 0 Å². The van der Waals surface area contributed by atoms with E-state index in [1.54, 1.807) is 13.8 Å². The molecular weight excluding hydrogens is 356 g/mol. The van der Waals surface area contributed by atoms with Gasteiger partial charge in [-0.15, -0.1) is 0 Å². The van der Waals surface area contributed by atoms with Crippen LogP contribution in [0.1, 0.15) is 82.3 Å². The lowest BCUT2D eigenvalue weighted by molar-refractivity contribution is 0.0510. The summed E-state index contributed by atoms with van der Waals surface area (Å²) in [5.41, 5.74) is 6.69. The minimum atomic E-state index is -0.344. The monoisotopic (exact) mass is 386 g/mol. The van der Waals surface area contributed by atoms with Crippen molar-refractivity contribution in [2.24, 2.45) is 0 Å². The maximum atomic E-state index is 12.2. The fourth-order valence-corrected chi connectivity index (χ4v) is 3.49. The molecule has 0 saturated carbocycles. The van der Waals surface area contributed by atoms with Gasteiger partial charge in [0.15, 0.2) is 0 Å². The van der Waals surface area contributed by atoms with Gasteiger partial charge in [0.1, 0.15) is 11.4 Å². The number of carbonyl (C=O) groups excluding carboxylic acids is 2. The van der Waals surface area contributed by atoms with E-state index >= 15 is 0 Å². The van der Waals surface area contributed by atoms with Gasteiger partial charge in [-0.25, -0.2) is 9.59 Å². The number of H-pyrrole nitrogens is 2. The summed E-state index contributed by atoms with van der Waals surface area (Å²) in [6, 6.07) is 0. The van der Waals surface area contributed by atoms with E-state index in [9.17, 15) is 9.59 Å². The van der Waals surface area contributed by atoms with Gasteiger partial charge in [-0.2, -0.15) is 0 Å². The second kappa shape index (κ2) is 9.44. The molecule has 2 rings (SSSR count). The van der Waals surface area contributed by atoms with Gasteiger partial charge in [0.25, 0.3) is 0 Å². The summed E-state index contributed by atoms with van der Waals surface area (Å²) in [6.07, 6.45) is 5.46. The summed E-state index contributed by atoms with van der Waals surface area (Å²) in [5, 5.41) is 0. The van der Waals surface area contributed by atoms with Crippen LogP contribution < -0.4 is 0 Å². The van der Waals surface area contributed by atoms with Crippen molar-refractivity contribution in [2.75, 3.05) is 13.2 Å². The first-order valence-electron chi connectivity index (χ1n) is 9.84. The number of aromatic nitrogens is 2. The number of esters is 2. The molecule has 0 aliphatic rings. The van der Waals surface area contributed by atoms with E-state index in [2.05, 4.69) is 23.8 Å². The lowest BCUT2D eigenvalue weighted by Crippen LogP contribution is -2.06. The second-order valence-electron chi connectivity index (χ2n) is 6.52. The van der Waals surface area contributed by atoms with E-state index in [-0.39, 0.29) is 11.9 Å². The van der Waals surface area contributed by atoms with Crippen molar-refractivity contribution >= 4 is 24.1 Å². The molecule has 0 bridgehead atoms. The zero-order valence-electron chi connectivity index (χ0n) is 17.6. The highest BCUT2D eigenvalue weighted by Crippen LogP contribution is 2.25. The number of hydrogen-bond acceptors (Lipinski definition) is 4. The van der Waals surface area contributed by atoms with Crippen LogP contribution in [-0.4, -0.2) is 35.1 Å².